The largest absolute Gasteiger partial charge is 0.401 e. The summed E-state index contributed by atoms with van der Waals surface area (Å²) in [6.07, 6.45) is -2.85. The quantitative estimate of drug-likeness (QED) is 0.834. The number of hydrogen-bond donors (Lipinski definition) is 1. The highest BCUT2D eigenvalue weighted by Gasteiger charge is 2.33. The Kier molecular flexibility index (Phi) is 6.26. The minimum absolute atomic E-state index is 0.0187. The summed E-state index contributed by atoms with van der Waals surface area (Å²) in [4.78, 5) is 15.0. The van der Waals surface area contributed by atoms with Gasteiger partial charge in [-0.25, -0.2) is 0 Å². The Morgan fingerprint density at radius 1 is 1.40 bits per heavy atom. The number of carbonyl (C=O) groups excluding carboxylic acids is 1. The molecule has 0 aliphatic carbocycles. The first-order valence-electron chi connectivity index (χ1n) is 7.03. The molecule has 0 bridgehead atoms. The first-order chi connectivity index (χ1) is 9.23. The third-order valence-corrected chi connectivity index (χ3v) is 3.70. The van der Waals surface area contributed by atoms with Crippen LogP contribution in [0.2, 0.25) is 0 Å². The molecular formula is C13H24F3N3O. The van der Waals surface area contributed by atoms with Crippen molar-refractivity contribution >= 4 is 5.91 Å². The second kappa shape index (κ2) is 7.26. The summed E-state index contributed by atoms with van der Waals surface area (Å²) >= 11 is 0. The summed E-state index contributed by atoms with van der Waals surface area (Å²) in [5.74, 6) is 0.0187. The number of hydrogen-bond acceptors (Lipinski definition) is 3. The van der Waals surface area contributed by atoms with E-state index in [2.05, 4.69) is 5.32 Å². The van der Waals surface area contributed by atoms with Crippen LogP contribution < -0.4 is 5.32 Å². The Labute approximate surface area is 118 Å². The lowest BCUT2D eigenvalue weighted by Crippen LogP contribution is -2.51. The molecular weight excluding hydrogens is 271 g/mol. The Balaban J connectivity index is 2.34. The highest BCUT2D eigenvalue weighted by atomic mass is 19.4. The molecule has 7 heteroatoms. The topological polar surface area (TPSA) is 35.6 Å². The van der Waals surface area contributed by atoms with Crippen molar-refractivity contribution in [1.82, 2.24) is 15.1 Å². The van der Waals surface area contributed by atoms with E-state index in [1.165, 1.54) is 4.90 Å². The van der Waals surface area contributed by atoms with Crippen molar-refractivity contribution < 1.29 is 18.0 Å². The van der Waals surface area contributed by atoms with Gasteiger partial charge in [0.1, 0.15) is 0 Å². The van der Waals surface area contributed by atoms with Crippen molar-refractivity contribution in [2.24, 2.45) is 0 Å². The summed E-state index contributed by atoms with van der Waals surface area (Å²) in [5, 5.41) is 3.22. The van der Waals surface area contributed by atoms with Gasteiger partial charge in [-0.15, -0.1) is 0 Å². The molecule has 4 nitrogen and oxygen atoms in total. The predicted molar refractivity (Wildman–Crippen MR) is 71.4 cm³/mol. The number of nitrogens with one attached hydrogen (secondary N) is 1. The van der Waals surface area contributed by atoms with E-state index < -0.39 is 12.7 Å². The van der Waals surface area contributed by atoms with Crippen molar-refractivity contribution in [1.29, 1.82) is 0 Å². The molecule has 0 aromatic carbocycles. The molecule has 1 aliphatic heterocycles. The fourth-order valence-corrected chi connectivity index (χ4v) is 2.42. The van der Waals surface area contributed by atoms with Crippen molar-refractivity contribution in [2.75, 3.05) is 33.2 Å². The van der Waals surface area contributed by atoms with Crippen LogP contribution in [0.3, 0.4) is 0 Å². The fraction of sp³-hybridized carbons (Fsp3) is 0.923. The molecule has 0 aromatic rings. The van der Waals surface area contributed by atoms with Crippen LogP contribution in [0.4, 0.5) is 13.2 Å². The van der Waals surface area contributed by atoms with Crippen LogP contribution >= 0.6 is 0 Å². The van der Waals surface area contributed by atoms with Crippen molar-refractivity contribution in [3.05, 3.63) is 0 Å². The zero-order valence-corrected chi connectivity index (χ0v) is 12.3. The second-order valence-electron chi connectivity index (χ2n) is 5.41. The lowest BCUT2D eigenvalue weighted by atomic mass is 10.0. The summed E-state index contributed by atoms with van der Waals surface area (Å²) in [7, 11) is 1.74. The van der Waals surface area contributed by atoms with E-state index >= 15 is 0 Å². The SMILES string of the molecule is CCN(C)C(=O)C(C)NC1CCN(CC(F)(F)F)CC1. The summed E-state index contributed by atoms with van der Waals surface area (Å²) in [6.45, 7) is 4.35. The van der Waals surface area contributed by atoms with Gasteiger partial charge < -0.3 is 10.2 Å². The highest BCUT2D eigenvalue weighted by molar-refractivity contribution is 5.81. The van der Waals surface area contributed by atoms with E-state index in [-0.39, 0.29) is 18.0 Å². The van der Waals surface area contributed by atoms with Crippen LogP contribution in [0.15, 0.2) is 0 Å². The number of rotatable bonds is 5. The standard InChI is InChI=1S/C13H24F3N3O/c1-4-18(3)12(20)10(2)17-11-5-7-19(8-6-11)9-13(14,15)16/h10-11,17H,4-9H2,1-3H3. The Morgan fingerprint density at radius 3 is 2.40 bits per heavy atom. The maximum Gasteiger partial charge on any atom is 0.401 e. The van der Waals surface area contributed by atoms with Crippen molar-refractivity contribution in [3.63, 3.8) is 0 Å². The molecule has 0 radical (unpaired) electrons. The van der Waals surface area contributed by atoms with E-state index in [1.54, 1.807) is 18.9 Å². The van der Waals surface area contributed by atoms with Gasteiger partial charge in [-0.3, -0.25) is 9.69 Å². The molecule has 118 valence electrons. The maximum atomic E-state index is 12.3. The summed E-state index contributed by atoms with van der Waals surface area (Å²) in [6, 6.07) is -0.178. The average molecular weight is 295 g/mol. The number of likely N-dealkylation sites (tertiary alicyclic amines) is 1. The minimum Gasteiger partial charge on any atom is -0.345 e. The molecule has 0 saturated carbocycles. The zero-order chi connectivity index (χ0) is 15.3. The van der Waals surface area contributed by atoms with Gasteiger partial charge >= 0.3 is 6.18 Å². The molecule has 1 unspecified atom stereocenters. The van der Waals surface area contributed by atoms with Crippen LogP contribution in [0.1, 0.15) is 26.7 Å². The van der Waals surface area contributed by atoms with Crippen LogP contribution in [0.25, 0.3) is 0 Å². The molecule has 0 aromatic heterocycles. The molecule has 1 fully saturated rings. The van der Waals surface area contributed by atoms with Crippen molar-refractivity contribution in [3.8, 4) is 0 Å². The number of piperidine rings is 1. The van der Waals surface area contributed by atoms with Crippen molar-refractivity contribution in [2.45, 2.75) is 44.9 Å². The third kappa shape index (κ3) is 5.66. The van der Waals surface area contributed by atoms with Gasteiger partial charge in [0, 0.05) is 19.6 Å². The molecule has 20 heavy (non-hydrogen) atoms. The second-order valence-corrected chi connectivity index (χ2v) is 5.41. The van der Waals surface area contributed by atoms with Crippen LogP contribution in [-0.4, -0.2) is 67.2 Å². The van der Waals surface area contributed by atoms with Crippen LogP contribution in [0, 0.1) is 0 Å². The van der Waals surface area contributed by atoms with Gasteiger partial charge in [0.2, 0.25) is 5.91 Å². The van der Waals surface area contributed by atoms with Gasteiger partial charge in [0.15, 0.2) is 0 Å². The normalized spacial score (nSPS) is 19.9. The lowest BCUT2D eigenvalue weighted by Gasteiger charge is -2.34. The van der Waals surface area contributed by atoms with Gasteiger partial charge in [-0.05, 0) is 39.8 Å². The molecule has 1 amide bonds. The molecule has 1 saturated heterocycles. The Bertz CT molecular complexity index is 314. The number of halogens is 3. The number of alkyl halides is 3. The van der Waals surface area contributed by atoms with E-state index in [4.69, 9.17) is 0 Å². The first-order valence-corrected chi connectivity index (χ1v) is 7.03. The zero-order valence-electron chi connectivity index (χ0n) is 12.3. The molecule has 1 N–H and O–H groups in total. The Morgan fingerprint density at radius 2 is 1.95 bits per heavy atom. The van der Waals surface area contributed by atoms with Gasteiger partial charge in [-0.1, -0.05) is 0 Å². The molecule has 1 heterocycles. The summed E-state index contributed by atoms with van der Waals surface area (Å²) in [5.41, 5.74) is 0. The smallest absolute Gasteiger partial charge is 0.345 e. The average Bonchev–Trinajstić information content (AvgIpc) is 2.37. The minimum atomic E-state index is -4.13. The molecule has 0 spiro atoms. The third-order valence-electron chi connectivity index (χ3n) is 3.70. The first kappa shape index (κ1) is 17.2. The number of amides is 1. The molecule has 1 aliphatic rings. The number of carbonyl (C=O) groups is 1. The van der Waals surface area contributed by atoms with E-state index in [1.807, 2.05) is 6.92 Å². The van der Waals surface area contributed by atoms with Crippen LogP contribution in [-0.2, 0) is 4.79 Å². The van der Waals surface area contributed by atoms with Gasteiger partial charge in [0.25, 0.3) is 0 Å². The van der Waals surface area contributed by atoms with E-state index in [9.17, 15) is 18.0 Å². The molecule has 1 atom stereocenters. The highest BCUT2D eigenvalue weighted by Crippen LogP contribution is 2.20. The lowest BCUT2D eigenvalue weighted by molar-refractivity contribution is -0.148. The number of likely N-dealkylation sites (N-methyl/N-ethyl adjacent to an activating group) is 1. The van der Waals surface area contributed by atoms with Crippen LogP contribution in [0.5, 0.6) is 0 Å². The van der Waals surface area contributed by atoms with Gasteiger partial charge in [-0.2, -0.15) is 13.2 Å². The number of nitrogens with zero attached hydrogens (tertiary/aromatic N) is 2. The monoisotopic (exact) mass is 295 g/mol. The Hall–Kier alpha value is -0.820. The van der Waals surface area contributed by atoms with Gasteiger partial charge in [0.05, 0.1) is 12.6 Å². The fourth-order valence-electron chi connectivity index (χ4n) is 2.42. The van der Waals surface area contributed by atoms with E-state index in [0.29, 0.717) is 32.5 Å². The molecule has 1 rings (SSSR count). The summed E-state index contributed by atoms with van der Waals surface area (Å²) < 4.78 is 36.8. The maximum absolute atomic E-state index is 12.3. The van der Waals surface area contributed by atoms with E-state index in [0.717, 1.165) is 0 Å². The predicted octanol–water partition coefficient (Wildman–Crippen LogP) is 1.47.